The van der Waals surface area contributed by atoms with E-state index >= 15 is 0 Å². The van der Waals surface area contributed by atoms with Crippen LogP contribution in [0.5, 0.6) is 11.5 Å². The summed E-state index contributed by atoms with van der Waals surface area (Å²) in [6.45, 7) is 1.80. The van der Waals surface area contributed by atoms with Crippen molar-refractivity contribution >= 4 is 40.2 Å². The molecule has 4 nitrogen and oxygen atoms in total. The second-order valence-corrected chi connectivity index (χ2v) is 9.19. The third kappa shape index (κ3) is 3.09. The lowest BCUT2D eigenvalue weighted by Gasteiger charge is -2.35. The number of amides is 1. The maximum atomic E-state index is 13.5. The largest absolute Gasteiger partial charge is 0.489 e. The molecule has 3 aromatic rings. The summed E-state index contributed by atoms with van der Waals surface area (Å²) in [5.74, 6) is 1.05. The van der Waals surface area contributed by atoms with Gasteiger partial charge in [-0.05, 0) is 47.0 Å². The van der Waals surface area contributed by atoms with Gasteiger partial charge in [0.2, 0.25) is 0 Å². The summed E-state index contributed by atoms with van der Waals surface area (Å²) in [6.07, 6.45) is 1.67. The number of thiophene rings is 2. The van der Waals surface area contributed by atoms with Gasteiger partial charge in [0.25, 0.3) is 5.91 Å². The number of fused-ring (bicyclic) bond motifs is 2. The van der Waals surface area contributed by atoms with Crippen molar-refractivity contribution in [3.8, 4) is 11.5 Å². The number of rotatable bonds is 2. The van der Waals surface area contributed by atoms with E-state index in [9.17, 15) is 4.79 Å². The molecule has 7 heteroatoms. The fourth-order valence-electron chi connectivity index (χ4n) is 3.81. The third-order valence-electron chi connectivity index (χ3n) is 5.09. The highest BCUT2D eigenvalue weighted by Crippen LogP contribution is 2.42. The summed E-state index contributed by atoms with van der Waals surface area (Å²) in [7, 11) is 0. The number of hydrogen-bond donors (Lipinski definition) is 0. The Hall–Kier alpha value is -2.02. The number of nitrogens with zero attached hydrogens (tertiary/aromatic N) is 1. The molecule has 1 amide bonds. The molecule has 0 aliphatic carbocycles. The second kappa shape index (κ2) is 7.43. The van der Waals surface area contributed by atoms with Crippen molar-refractivity contribution in [3.05, 3.63) is 67.0 Å². The van der Waals surface area contributed by atoms with E-state index in [1.165, 1.54) is 15.3 Å². The molecular formula is C21H18ClNO3S2. The number of ether oxygens (including phenoxy) is 2. The van der Waals surface area contributed by atoms with Crippen LogP contribution >= 0.6 is 34.3 Å². The van der Waals surface area contributed by atoms with Gasteiger partial charge in [-0.15, -0.1) is 22.7 Å². The van der Waals surface area contributed by atoms with Crippen molar-refractivity contribution in [1.82, 2.24) is 4.90 Å². The van der Waals surface area contributed by atoms with Crippen LogP contribution in [0.15, 0.2) is 41.1 Å². The molecular weight excluding hydrogens is 414 g/mol. The van der Waals surface area contributed by atoms with Gasteiger partial charge in [0.05, 0.1) is 24.3 Å². The van der Waals surface area contributed by atoms with Gasteiger partial charge >= 0.3 is 0 Å². The molecule has 0 fully saturated rings. The monoisotopic (exact) mass is 431 g/mol. The van der Waals surface area contributed by atoms with E-state index < -0.39 is 0 Å². The van der Waals surface area contributed by atoms with Crippen LogP contribution in [0.1, 0.15) is 38.1 Å². The molecule has 1 atom stereocenters. The van der Waals surface area contributed by atoms with E-state index in [2.05, 4.69) is 22.9 Å². The smallest absolute Gasteiger partial charge is 0.254 e. The van der Waals surface area contributed by atoms with Crippen molar-refractivity contribution in [2.24, 2.45) is 0 Å². The lowest BCUT2D eigenvalue weighted by Crippen LogP contribution is -2.39. The standard InChI is InChI=1S/C21H18ClNO3S2/c22-15-11-13(12-16-20(15)26-8-2-7-25-16)21(24)23-6-4-17-14(5-10-28-17)19(23)18-3-1-9-27-18/h1,3,5,9-12,19H,2,4,6-8H2. The van der Waals surface area contributed by atoms with Gasteiger partial charge < -0.3 is 14.4 Å². The molecule has 0 saturated heterocycles. The molecule has 144 valence electrons. The molecule has 2 aliphatic rings. The van der Waals surface area contributed by atoms with E-state index in [4.69, 9.17) is 21.1 Å². The Morgan fingerprint density at radius 2 is 2.04 bits per heavy atom. The molecule has 4 heterocycles. The lowest BCUT2D eigenvalue weighted by atomic mass is 9.97. The van der Waals surface area contributed by atoms with Crippen LogP contribution in [-0.4, -0.2) is 30.6 Å². The number of carbonyl (C=O) groups is 1. The maximum Gasteiger partial charge on any atom is 0.254 e. The number of halogens is 1. The van der Waals surface area contributed by atoms with Crippen molar-refractivity contribution in [2.75, 3.05) is 19.8 Å². The normalized spacial score (nSPS) is 18.5. The van der Waals surface area contributed by atoms with E-state index in [1.807, 2.05) is 11.0 Å². The number of benzene rings is 1. The minimum atomic E-state index is -0.0581. The molecule has 2 aliphatic heterocycles. The van der Waals surface area contributed by atoms with Gasteiger partial charge in [0, 0.05) is 28.3 Å². The highest BCUT2D eigenvalue weighted by atomic mass is 35.5. The van der Waals surface area contributed by atoms with E-state index in [1.54, 1.807) is 34.8 Å². The zero-order chi connectivity index (χ0) is 19.1. The number of carbonyl (C=O) groups excluding carboxylic acids is 1. The first-order valence-corrected chi connectivity index (χ1v) is 11.4. The molecule has 1 aromatic carbocycles. The Labute approximate surface area is 176 Å². The van der Waals surface area contributed by atoms with Crippen molar-refractivity contribution in [2.45, 2.75) is 18.9 Å². The quantitative estimate of drug-likeness (QED) is 0.544. The molecule has 0 radical (unpaired) electrons. The van der Waals surface area contributed by atoms with Gasteiger partial charge in [0.1, 0.15) is 0 Å². The van der Waals surface area contributed by atoms with E-state index in [0.717, 1.165) is 12.8 Å². The van der Waals surface area contributed by atoms with Crippen LogP contribution < -0.4 is 9.47 Å². The predicted molar refractivity (Wildman–Crippen MR) is 112 cm³/mol. The molecule has 0 N–H and O–H groups in total. The zero-order valence-electron chi connectivity index (χ0n) is 15.0. The Morgan fingerprint density at radius 1 is 1.14 bits per heavy atom. The van der Waals surface area contributed by atoms with Crippen LogP contribution in [0.2, 0.25) is 5.02 Å². The first-order valence-electron chi connectivity index (χ1n) is 9.22. The summed E-state index contributed by atoms with van der Waals surface area (Å²) in [6, 6.07) is 9.69. The average Bonchev–Trinajstić information content (AvgIpc) is 3.34. The van der Waals surface area contributed by atoms with Gasteiger partial charge in [-0.1, -0.05) is 17.7 Å². The summed E-state index contributed by atoms with van der Waals surface area (Å²) < 4.78 is 11.5. The van der Waals surface area contributed by atoms with Gasteiger partial charge in [-0.2, -0.15) is 0 Å². The highest BCUT2D eigenvalue weighted by Gasteiger charge is 2.34. The summed E-state index contributed by atoms with van der Waals surface area (Å²) in [4.78, 5) is 18.0. The fourth-order valence-corrected chi connectivity index (χ4v) is 5.83. The predicted octanol–water partition coefficient (Wildman–Crippen LogP) is 5.41. The SMILES string of the molecule is O=C(c1cc(Cl)c2c(c1)OCCCO2)N1CCc2sccc2C1c1cccs1. The molecule has 0 bridgehead atoms. The van der Waals surface area contributed by atoms with Crippen molar-refractivity contribution in [1.29, 1.82) is 0 Å². The van der Waals surface area contributed by atoms with E-state index in [0.29, 0.717) is 41.8 Å². The van der Waals surface area contributed by atoms with Crippen LogP contribution in [0.4, 0.5) is 0 Å². The molecule has 28 heavy (non-hydrogen) atoms. The fraction of sp³-hybridized carbons (Fsp3) is 0.286. The van der Waals surface area contributed by atoms with Crippen LogP contribution in [0.3, 0.4) is 0 Å². The molecule has 0 saturated carbocycles. The van der Waals surface area contributed by atoms with Gasteiger partial charge in [-0.3, -0.25) is 4.79 Å². The van der Waals surface area contributed by atoms with Crippen LogP contribution in [-0.2, 0) is 6.42 Å². The average molecular weight is 432 g/mol. The molecule has 0 spiro atoms. The maximum absolute atomic E-state index is 13.5. The second-order valence-electron chi connectivity index (χ2n) is 6.80. The van der Waals surface area contributed by atoms with Gasteiger partial charge in [-0.25, -0.2) is 0 Å². The molecule has 2 aromatic heterocycles. The Bertz CT molecular complexity index is 1010. The third-order valence-corrected chi connectivity index (χ3v) is 7.29. The summed E-state index contributed by atoms with van der Waals surface area (Å²) in [5.41, 5.74) is 1.77. The Morgan fingerprint density at radius 3 is 2.89 bits per heavy atom. The number of hydrogen-bond acceptors (Lipinski definition) is 5. The topological polar surface area (TPSA) is 38.8 Å². The summed E-state index contributed by atoms with van der Waals surface area (Å²) >= 11 is 9.88. The Balaban J connectivity index is 1.54. The first kappa shape index (κ1) is 18.0. The van der Waals surface area contributed by atoms with Crippen LogP contribution in [0.25, 0.3) is 0 Å². The zero-order valence-corrected chi connectivity index (χ0v) is 17.4. The van der Waals surface area contributed by atoms with Gasteiger partial charge in [0.15, 0.2) is 11.5 Å². The minimum Gasteiger partial charge on any atom is -0.489 e. The van der Waals surface area contributed by atoms with Crippen molar-refractivity contribution in [3.63, 3.8) is 0 Å². The highest BCUT2D eigenvalue weighted by molar-refractivity contribution is 7.10. The first-order chi connectivity index (χ1) is 13.7. The van der Waals surface area contributed by atoms with E-state index in [-0.39, 0.29) is 11.9 Å². The van der Waals surface area contributed by atoms with Crippen molar-refractivity contribution < 1.29 is 14.3 Å². The Kier molecular flexibility index (Phi) is 4.78. The molecule has 5 rings (SSSR count). The minimum absolute atomic E-state index is 0.0344. The summed E-state index contributed by atoms with van der Waals surface area (Å²) in [5, 5.41) is 4.59. The van der Waals surface area contributed by atoms with Crippen LogP contribution in [0, 0.1) is 0 Å². The molecule has 1 unspecified atom stereocenters. The lowest BCUT2D eigenvalue weighted by molar-refractivity contribution is 0.0698.